The summed E-state index contributed by atoms with van der Waals surface area (Å²) in [5.74, 6) is -1.52. The number of nitrogens with zero attached hydrogens (tertiary/aromatic N) is 1. The Morgan fingerprint density at radius 1 is 1.04 bits per heavy atom. The molecule has 0 heterocycles. The van der Waals surface area contributed by atoms with Gasteiger partial charge in [-0.15, -0.1) is 0 Å². The van der Waals surface area contributed by atoms with Crippen molar-refractivity contribution in [2.75, 3.05) is 10.8 Å². The Hall–Kier alpha value is -1.95. The average molecular weight is 396 g/mol. The summed E-state index contributed by atoms with van der Waals surface area (Å²) < 4.78 is 55.5. The largest absolute Gasteiger partial charge is 0.264 e. The molecule has 3 nitrogen and oxygen atoms in total. The maximum absolute atomic E-state index is 14.5. The molecule has 1 atom stereocenters. The predicted octanol–water partition coefficient (Wildman–Crippen LogP) is 5.68. The van der Waals surface area contributed by atoms with Gasteiger partial charge in [0.25, 0.3) is 10.0 Å². The van der Waals surface area contributed by atoms with E-state index in [0.717, 1.165) is 47.7 Å². The van der Waals surface area contributed by atoms with Crippen LogP contribution in [0.3, 0.4) is 0 Å². The Bertz CT molecular complexity index is 851. The summed E-state index contributed by atoms with van der Waals surface area (Å²) in [5, 5.41) is 0. The third-order valence-corrected chi connectivity index (χ3v) is 6.55. The lowest BCUT2D eigenvalue weighted by Gasteiger charge is -2.29. The van der Waals surface area contributed by atoms with Crippen molar-refractivity contribution >= 4 is 15.7 Å². The van der Waals surface area contributed by atoms with E-state index >= 15 is 0 Å². The van der Waals surface area contributed by atoms with Gasteiger partial charge in [0, 0.05) is 12.6 Å². The fraction of sp³-hybridized carbons (Fsp3) is 0.429. The zero-order chi connectivity index (χ0) is 20.0. The highest BCUT2D eigenvalue weighted by Gasteiger charge is 2.29. The quantitative estimate of drug-likeness (QED) is 0.547. The van der Waals surface area contributed by atoms with Gasteiger partial charge in [-0.1, -0.05) is 50.8 Å². The lowest BCUT2D eigenvalue weighted by atomic mass is 9.99. The maximum Gasteiger partial charge on any atom is 0.264 e. The molecule has 0 aromatic heterocycles. The number of anilines is 1. The van der Waals surface area contributed by atoms with Gasteiger partial charge in [-0.3, -0.25) is 4.31 Å². The van der Waals surface area contributed by atoms with E-state index in [1.807, 2.05) is 13.8 Å². The van der Waals surface area contributed by atoms with Gasteiger partial charge in [-0.2, -0.15) is 0 Å². The predicted molar refractivity (Wildman–Crippen MR) is 105 cm³/mol. The van der Waals surface area contributed by atoms with E-state index in [-0.39, 0.29) is 23.0 Å². The van der Waals surface area contributed by atoms with Gasteiger partial charge in [0.1, 0.15) is 11.6 Å². The second-order valence-electron chi connectivity index (χ2n) is 6.86. The molecule has 0 aliphatic carbocycles. The fourth-order valence-corrected chi connectivity index (χ4v) is 4.55. The van der Waals surface area contributed by atoms with E-state index in [4.69, 9.17) is 0 Å². The van der Waals surface area contributed by atoms with Crippen LogP contribution in [-0.4, -0.2) is 15.0 Å². The molecule has 0 saturated heterocycles. The van der Waals surface area contributed by atoms with Crippen molar-refractivity contribution in [3.8, 4) is 0 Å². The van der Waals surface area contributed by atoms with Gasteiger partial charge < -0.3 is 0 Å². The zero-order valence-electron chi connectivity index (χ0n) is 16.1. The minimum atomic E-state index is -3.97. The van der Waals surface area contributed by atoms with E-state index in [9.17, 15) is 17.2 Å². The summed E-state index contributed by atoms with van der Waals surface area (Å²) in [6, 6.07) is 9.46. The van der Waals surface area contributed by atoms with E-state index in [1.54, 1.807) is 12.1 Å². The third kappa shape index (κ3) is 5.28. The highest BCUT2D eigenvalue weighted by molar-refractivity contribution is 7.92. The van der Waals surface area contributed by atoms with Crippen LogP contribution in [0.15, 0.2) is 47.4 Å². The van der Waals surface area contributed by atoms with Gasteiger partial charge >= 0.3 is 0 Å². The molecular weight excluding hydrogens is 368 g/mol. The average Bonchev–Trinajstić information content (AvgIpc) is 2.63. The molecule has 6 heteroatoms. The molecule has 0 aliphatic heterocycles. The van der Waals surface area contributed by atoms with Crippen LogP contribution < -0.4 is 4.31 Å². The first kappa shape index (κ1) is 21.4. The number of hydrogen-bond donors (Lipinski definition) is 0. The minimum absolute atomic E-state index is 0.0922. The van der Waals surface area contributed by atoms with Gasteiger partial charge in [-0.25, -0.2) is 17.2 Å². The van der Waals surface area contributed by atoms with Crippen LogP contribution in [0.1, 0.15) is 45.1 Å². The van der Waals surface area contributed by atoms with Gasteiger partial charge in [0.15, 0.2) is 0 Å². The molecule has 0 fully saturated rings. The van der Waals surface area contributed by atoms with Crippen LogP contribution >= 0.6 is 0 Å². The van der Waals surface area contributed by atoms with Crippen molar-refractivity contribution < 1.29 is 17.2 Å². The summed E-state index contributed by atoms with van der Waals surface area (Å²) in [5.41, 5.74) is 0.815. The number of benzene rings is 2. The Labute approximate surface area is 161 Å². The zero-order valence-corrected chi connectivity index (χ0v) is 16.9. The van der Waals surface area contributed by atoms with Crippen molar-refractivity contribution in [2.24, 2.45) is 5.92 Å². The molecule has 1 unspecified atom stereocenters. The smallest absolute Gasteiger partial charge is 0.263 e. The Morgan fingerprint density at radius 3 is 2.26 bits per heavy atom. The maximum atomic E-state index is 14.5. The minimum Gasteiger partial charge on any atom is -0.263 e. The molecule has 0 N–H and O–H groups in total. The first-order chi connectivity index (χ1) is 12.8. The van der Waals surface area contributed by atoms with Crippen molar-refractivity contribution in [1.29, 1.82) is 0 Å². The number of halogens is 2. The number of aryl methyl sites for hydroxylation is 1. The highest BCUT2D eigenvalue weighted by Crippen LogP contribution is 2.29. The van der Waals surface area contributed by atoms with E-state index in [0.29, 0.717) is 0 Å². The SMILES string of the molecule is CCCCC(CC)CN(c1ccc(F)cc1F)S(=O)(=O)c1ccc(C)cc1. The summed E-state index contributed by atoms with van der Waals surface area (Å²) in [6.07, 6.45) is 3.62. The molecule has 2 rings (SSSR count). The molecule has 27 heavy (non-hydrogen) atoms. The second kappa shape index (κ2) is 9.31. The van der Waals surface area contributed by atoms with E-state index < -0.39 is 21.7 Å². The summed E-state index contributed by atoms with van der Waals surface area (Å²) in [7, 11) is -3.97. The molecule has 0 radical (unpaired) electrons. The topological polar surface area (TPSA) is 37.4 Å². The van der Waals surface area contributed by atoms with Crippen molar-refractivity contribution in [1.82, 2.24) is 0 Å². The van der Waals surface area contributed by atoms with Crippen LogP contribution in [-0.2, 0) is 10.0 Å². The molecule has 2 aromatic rings. The number of unbranched alkanes of at least 4 members (excludes halogenated alkanes) is 1. The molecule has 0 amide bonds. The second-order valence-corrected chi connectivity index (χ2v) is 8.72. The summed E-state index contributed by atoms with van der Waals surface area (Å²) in [4.78, 5) is 0.0992. The number of sulfonamides is 1. The van der Waals surface area contributed by atoms with E-state index in [2.05, 4.69) is 6.92 Å². The number of hydrogen-bond acceptors (Lipinski definition) is 2. The molecule has 148 valence electrons. The normalized spacial score (nSPS) is 12.8. The standard InChI is InChI=1S/C21H27F2NO2S/c1-4-6-7-17(5-2)15-24(21-13-10-18(22)14-20(21)23)27(25,26)19-11-8-16(3)9-12-19/h8-14,17H,4-7,15H2,1-3H3. The molecule has 0 bridgehead atoms. The third-order valence-electron chi connectivity index (χ3n) is 4.75. The van der Waals surface area contributed by atoms with Crippen LogP contribution in [0.4, 0.5) is 14.5 Å². The lowest BCUT2D eigenvalue weighted by Crippen LogP contribution is -2.36. The Balaban J connectivity index is 2.49. The molecule has 2 aromatic carbocycles. The van der Waals surface area contributed by atoms with Crippen LogP contribution in [0.25, 0.3) is 0 Å². The van der Waals surface area contributed by atoms with Gasteiger partial charge in [-0.05, 0) is 43.5 Å². The van der Waals surface area contributed by atoms with E-state index in [1.165, 1.54) is 18.2 Å². The molecular formula is C21H27F2NO2S. The Kier molecular flexibility index (Phi) is 7.36. The lowest BCUT2D eigenvalue weighted by molar-refractivity contribution is 0.456. The first-order valence-electron chi connectivity index (χ1n) is 9.34. The van der Waals surface area contributed by atoms with Crippen LogP contribution in [0.5, 0.6) is 0 Å². The number of rotatable bonds is 9. The van der Waals surface area contributed by atoms with Crippen LogP contribution in [0.2, 0.25) is 0 Å². The molecule has 0 aliphatic rings. The molecule has 0 saturated carbocycles. The monoisotopic (exact) mass is 395 g/mol. The summed E-state index contributed by atoms with van der Waals surface area (Å²) in [6.45, 7) is 6.10. The first-order valence-corrected chi connectivity index (χ1v) is 10.8. The molecule has 0 spiro atoms. The summed E-state index contributed by atoms with van der Waals surface area (Å²) >= 11 is 0. The fourth-order valence-electron chi connectivity index (χ4n) is 3.00. The van der Waals surface area contributed by atoms with Gasteiger partial charge in [0.2, 0.25) is 0 Å². The van der Waals surface area contributed by atoms with Gasteiger partial charge in [0.05, 0.1) is 10.6 Å². The Morgan fingerprint density at radius 2 is 1.70 bits per heavy atom. The van der Waals surface area contributed by atoms with Crippen molar-refractivity contribution in [3.05, 3.63) is 59.7 Å². The van der Waals surface area contributed by atoms with Crippen LogP contribution in [0, 0.1) is 24.5 Å². The van der Waals surface area contributed by atoms with Crippen molar-refractivity contribution in [3.63, 3.8) is 0 Å². The van der Waals surface area contributed by atoms with Crippen molar-refractivity contribution in [2.45, 2.75) is 51.3 Å². The highest BCUT2D eigenvalue weighted by atomic mass is 32.2.